The predicted molar refractivity (Wildman–Crippen MR) is 213 cm³/mol. The van der Waals surface area contributed by atoms with E-state index in [1.165, 1.54) is 9.80 Å². The quantitative estimate of drug-likeness (QED) is 0.0719. The third-order valence-corrected chi connectivity index (χ3v) is 10.6. The van der Waals surface area contributed by atoms with E-state index >= 15 is 0 Å². The van der Waals surface area contributed by atoms with Gasteiger partial charge in [0.15, 0.2) is 0 Å². The van der Waals surface area contributed by atoms with Crippen LogP contribution in [0.1, 0.15) is 95.0 Å². The van der Waals surface area contributed by atoms with Crippen LogP contribution in [0.5, 0.6) is 0 Å². The first-order chi connectivity index (χ1) is 29.6. The van der Waals surface area contributed by atoms with Crippen molar-refractivity contribution in [2.24, 2.45) is 5.73 Å². The second kappa shape index (κ2) is 23.4. The number of benzene rings is 2. The van der Waals surface area contributed by atoms with E-state index in [9.17, 15) is 44.1 Å². The number of amides is 3. The van der Waals surface area contributed by atoms with Crippen LogP contribution in [0.4, 0.5) is 0 Å². The van der Waals surface area contributed by atoms with E-state index in [2.05, 4.69) is 16.0 Å². The number of unbranched alkanes of at least 4 members (excludes halogenated alkanes) is 2. The molecule has 2 aliphatic rings. The fourth-order valence-electron chi connectivity index (χ4n) is 7.53. The molecule has 0 aliphatic carbocycles. The molecule has 0 radical (unpaired) electrons. The van der Waals surface area contributed by atoms with Gasteiger partial charge >= 0.3 is 17.9 Å². The number of hydrogen-bond acceptors (Lipinski definition) is 9. The molecule has 2 fully saturated rings. The highest BCUT2D eigenvalue weighted by molar-refractivity contribution is 5.89. The van der Waals surface area contributed by atoms with Gasteiger partial charge in [0, 0.05) is 19.6 Å². The van der Waals surface area contributed by atoms with Crippen molar-refractivity contribution < 1.29 is 50.9 Å². The average Bonchev–Trinajstić information content (AvgIpc) is 3.96. The van der Waals surface area contributed by atoms with E-state index < -0.39 is 90.3 Å². The third-order valence-electron chi connectivity index (χ3n) is 10.6. The largest absolute Gasteiger partial charge is 0.480 e. The summed E-state index contributed by atoms with van der Waals surface area (Å²) in [6.07, 6.45) is 4.16. The summed E-state index contributed by atoms with van der Waals surface area (Å²) in [7, 11) is 0. The van der Waals surface area contributed by atoms with Gasteiger partial charge in [0.2, 0.25) is 17.7 Å². The molecule has 0 aromatic heterocycles. The van der Waals surface area contributed by atoms with Gasteiger partial charge in [0.1, 0.15) is 18.1 Å². The van der Waals surface area contributed by atoms with Crippen molar-refractivity contribution in [3.05, 3.63) is 71.7 Å². The molecule has 6 atom stereocenters. The van der Waals surface area contributed by atoms with Crippen LogP contribution in [0.2, 0.25) is 0 Å². The zero-order valence-corrected chi connectivity index (χ0v) is 32.3. The second-order valence-electron chi connectivity index (χ2n) is 14.7. The molecule has 8 N–H and O–H groups in total. The maximum Gasteiger partial charge on any atom is 0.326 e. The highest BCUT2D eigenvalue weighted by Crippen LogP contribution is 2.22. The lowest BCUT2D eigenvalue weighted by Crippen LogP contribution is -2.56. The Balaban J connectivity index is 1.46. The van der Waals surface area contributed by atoms with Crippen molar-refractivity contribution in [1.29, 1.82) is 0 Å². The van der Waals surface area contributed by atoms with Gasteiger partial charge in [-0.05, 0) is 101 Å². The monoisotopic (exact) mass is 797 g/mol. The van der Waals surface area contributed by atoms with E-state index in [1.807, 2.05) is 30.3 Å². The lowest BCUT2D eigenvalue weighted by Gasteiger charge is -2.30. The molecule has 2 heterocycles. The Hall–Kier alpha value is -4.86. The molecule has 2 aromatic carbocycles. The van der Waals surface area contributed by atoms with E-state index in [4.69, 9.17) is 12.6 Å². The zero-order valence-electron chi connectivity index (χ0n) is 37.3. The molecule has 2 aliphatic heterocycles. The number of hydrogen-bond donors (Lipinski definition) is 7. The van der Waals surface area contributed by atoms with Crippen molar-refractivity contribution in [1.82, 2.24) is 25.8 Å². The zero-order chi connectivity index (χ0) is 45.5. The molecular weight excluding hydrogens is 732 g/mol. The van der Waals surface area contributed by atoms with Crippen LogP contribution >= 0.6 is 0 Å². The van der Waals surface area contributed by atoms with Gasteiger partial charge in [0.25, 0.3) is 0 Å². The number of aliphatic carboxylic acids is 3. The van der Waals surface area contributed by atoms with Crippen LogP contribution in [0.15, 0.2) is 60.5 Å². The van der Waals surface area contributed by atoms with Crippen LogP contribution in [-0.2, 0) is 41.6 Å². The number of carbonyl (C=O) groups is 6. The summed E-state index contributed by atoms with van der Waals surface area (Å²) in [5.74, 6) is -5.00. The number of carboxylic acids is 3. The minimum absolute atomic E-state index is 0.0595. The molecule has 3 amide bonds. The lowest BCUT2D eigenvalue weighted by molar-refractivity contribution is -0.149. The fraction of sp³-hybridized carbons (Fsp3) is 0.571. The average molecular weight is 798 g/mol. The molecule has 2 saturated heterocycles. The van der Waals surface area contributed by atoms with E-state index in [0.29, 0.717) is 77.3 Å². The summed E-state index contributed by atoms with van der Waals surface area (Å²) in [6, 6.07) is 0.607. The maximum atomic E-state index is 13.9. The second-order valence-corrected chi connectivity index (χ2v) is 14.7. The molecule has 15 heteroatoms. The molecule has 15 nitrogen and oxygen atoms in total. The van der Waals surface area contributed by atoms with Crippen molar-refractivity contribution in [2.75, 3.05) is 26.2 Å². The van der Waals surface area contributed by atoms with Crippen LogP contribution in [0.3, 0.4) is 0 Å². The molecule has 0 spiro atoms. The Labute approximate surface area is 341 Å². The summed E-state index contributed by atoms with van der Waals surface area (Å²) < 4.78 is 40.2. The Morgan fingerprint density at radius 3 is 1.75 bits per heavy atom. The molecule has 0 saturated carbocycles. The van der Waals surface area contributed by atoms with Crippen molar-refractivity contribution in [3.8, 4) is 0 Å². The first-order valence-electron chi connectivity index (χ1n) is 22.5. The number of likely N-dealkylation sites (tertiary alicyclic amines) is 2. The first kappa shape index (κ1) is 37.7. The maximum absolute atomic E-state index is 13.9. The van der Waals surface area contributed by atoms with Gasteiger partial charge in [-0.15, -0.1) is 0 Å². The standard InChI is InChI=1S/C42H60N6O9/c43-25-9-7-17-32(38(50)47-27-11-19-35(47)41(54)55)45-31(23-21-29-13-3-1-4-14-29)37(49)44-26-10-8-18-33(39(51)48-28-12-20-36(48)42(56)57)46-34(40(52)53)24-22-30-15-5-2-6-16-30/h1-6,13-16,31-36,45-46H,7-12,17-28,43H2,(H,44,49)(H,52,53)(H,54,55)(H,56,57)/t31-,32-,33-,34-,35+,36+/m0/s1/i2D,5D,6D,15D,16D. The molecule has 2 aromatic rings. The SMILES string of the molecule is [2H]c1c([2H])c([2H])c(CC[C@H](N[C@@H](CCCCNC(=O)[C@H](CCc2ccccc2)N[C@@H](CCCCN)C(=O)N2CCC[C@@H]2C(=O)O)C(=O)N2CCC[C@@H]2C(=O)O)C(=O)O)c([2H])c1[2H]. The van der Waals surface area contributed by atoms with Crippen LogP contribution in [0, 0.1) is 0 Å². The smallest absolute Gasteiger partial charge is 0.326 e. The Kier molecular flexibility index (Phi) is 15.5. The highest BCUT2D eigenvalue weighted by atomic mass is 16.4. The molecule has 0 bridgehead atoms. The number of carboxylic acid groups (broad SMARTS) is 3. The summed E-state index contributed by atoms with van der Waals surface area (Å²) in [5.41, 5.74) is 6.64. The molecule has 312 valence electrons. The summed E-state index contributed by atoms with van der Waals surface area (Å²) in [5, 5.41) is 38.8. The summed E-state index contributed by atoms with van der Waals surface area (Å²) in [6.45, 7) is 0.998. The molecule has 0 unspecified atom stereocenters. The van der Waals surface area contributed by atoms with Gasteiger partial charge in [-0.2, -0.15) is 0 Å². The van der Waals surface area contributed by atoms with E-state index in [1.54, 1.807) is 0 Å². The summed E-state index contributed by atoms with van der Waals surface area (Å²) in [4.78, 5) is 80.7. The van der Waals surface area contributed by atoms with Crippen LogP contribution in [0.25, 0.3) is 0 Å². The Morgan fingerprint density at radius 2 is 1.21 bits per heavy atom. The first-order valence-corrected chi connectivity index (χ1v) is 20.0. The minimum atomic E-state index is -1.41. The highest BCUT2D eigenvalue weighted by Gasteiger charge is 2.39. The molecule has 57 heavy (non-hydrogen) atoms. The van der Waals surface area contributed by atoms with Gasteiger partial charge in [-0.3, -0.25) is 29.8 Å². The Bertz CT molecular complexity index is 1870. The third kappa shape index (κ3) is 13.9. The van der Waals surface area contributed by atoms with E-state index in [0.717, 1.165) is 5.56 Å². The lowest BCUT2D eigenvalue weighted by atomic mass is 10.0. The van der Waals surface area contributed by atoms with Gasteiger partial charge in [-0.25, -0.2) is 9.59 Å². The van der Waals surface area contributed by atoms with Crippen molar-refractivity contribution in [3.63, 3.8) is 0 Å². The number of nitrogens with two attached hydrogens (primary N) is 1. The Morgan fingerprint density at radius 1 is 0.684 bits per heavy atom. The van der Waals surface area contributed by atoms with Crippen LogP contribution < -0.4 is 21.7 Å². The minimum Gasteiger partial charge on any atom is -0.480 e. The number of nitrogens with zero attached hydrogens (tertiary/aromatic N) is 2. The van der Waals surface area contributed by atoms with Crippen LogP contribution in [-0.4, -0.2) is 123 Å². The van der Waals surface area contributed by atoms with Crippen molar-refractivity contribution >= 4 is 35.6 Å². The number of nitrogens with one attached hydrogen (secondary N) is 3. The number of carbonyl (C=O) groups excluding carboxylic acids is 3. The number of rotatable bonds is 25. The van der Waals surface area contributed by atoms with E-state index in [-0.39, 0.29) is 56.2 Å². The number of aryl methyl sites for hydroxylation is 1. The van der Waals surface area contributed by atoms with Gasteiger partial charge in [0.05, 0.1) is 25.0 Å². The van der Waals surface area contributed by atoms with Crippen molar-refractivity contribution in [2.45, 2.75) is 126 Å². The topological polar surface area (TPSA) is 232 Å². The van der Waals surface area contributed by atoms with Gasteiger partial charge in [-0.1, -0.05) is 67.0 Å². The fourth-order valence-corrected chi connectivity index (χ4v) is 7.53. The summed E-state index contributed by atoms with van der Waals surface area (Å²) >= 11 is 0. The normalized spacial score (nSPS) is 20.0. The van der Waals surface area contributed by atoms with Gasteiger partial charge < -0.3 is 36.2 Å². The predicted octanol–water partition coefficient (Wildman–Crippen LogP) is 2.56. The molecule has 4 rings (SSSR count). The molecular formula is C42H60N6O9.